The number of halogens is 3. The zero-order chi connectivity index (χ0) is 17.3. The van der Waals surface area contributed by atoms with Crippen LogP contribution >= 0.6 is 23.2 Å². The third kappa shape index (κ3) is 3.37. The van der Waals surface area contributed by atoms with Gasteiger partial charge in [-0.2, -0.15) is 0 Å². The first kappa shape index (κ1) is 16.7. The Hall–Kier alpha value is -2.11. The van der Waals surface area contributed by atoms with Crippen molar-refractivity contribution in [3.8, 4) is 0 Å². The van der Waals surface area contributed by atoms with E-state index in [2.05, 4.69) is 5.32 Å². The first-order chi connectivity index (χ1) is 11.5. The van der Waals surface area contributed by atoms with E-state index in [1.165, 1.54) is 23.1 Å². The molecular formula is C17H13Cl2FN2O2. The molecule has 1 atom stereocenters. The molecule has 1 fully saturated rings. The van der Waals surface area contributed by atoms with Gasteiger partial charge in [-0.05, 0) is 30.3 Å². The molecule has 1 heterocycles. The predicted molar refractivity (Wildman–Crippen MR) is 92.0 cm³/mol. The van der Waals surface area contributed by atoms with Crippen molar-refractivity contribution in [1.82, 2.24) is 0 Å². The molecule has 1 saturated heterocycles. The van der Waals surface area contributed by atoms with Gasteiger partial charge in [0.05, 0.1) is 21.7 Å². The van der Waals surface area contributed by atoms with Crippen LogP contribution in [0.15, 0.2) is 42.5 Å². The average molecular weight is 367 g/mol. The maximum atomic E-state index is 13.2. The van der Waals surface area contributed by atoms with Gasteiger partial charge in [0.15, 0.2) is 0 Å². The molecule has 2 aromatic rings. The summed E-state index contributed by atoms with van der Waals surface area (Å²) < 4.78 is 13.2. The lowest BCUT2D eigenvalue weighted by molar-refractivity contribution is -0.122. The summed E-state index contributed by atoms with van der Waals surface area (Å²) in [5.74, 6) is -1.54. The van der Waals surface area contributed by atoms with Gasteiger partial charge in [0.2, 0.25) is 11.8 Å². The van der Waals surface area contributed by atoms with Gasteiger partial charge >= 0.3 is 0 Å². The lowest BCUT2D eigenvalue weighted by Gasteiger charge is -2.18. The Bertz CT molecular complexity index is 813. The number of carbonyl (C=O) groups is 2. The van der Waals surface area contributed by atoms with Crippen LogP contribution in [-0.2, 0) is 9.59 Å². The van der Waals surface area contributed by atoms with Crippen LogP contribution in [0.25, 0.3) is 0 Å². The third-order valence-corrected chi connectivity index (χ3v) is 4.62. The van der Waals surface area contributed by atoms with E-state index < -0.39 is 11.7 Å². The SMILES string of the molecule is O=C(Nc1cccc(F)c1)C1CC(=O)N(c2cccc(Cl)c2Cl)C1. The molecule has 4 nitrogen and oxygen atoms in total. The highest BCUT2D eigenvalue weighted by molar-refractivity contribution is 6.44. The normalized spacial score (nSPS) is 17.2. The second-order valence-electron chi connectivity index (χ2n) is 5.48. The molecule has 1 N–H and O–H groups in total. The molecule has 7 heteroatoms. The minimum atomic E-state index is -0.546. The second-order valence-corrected chi connectivity index (χ2v) is 6.26. The minimum absolute atomic E-state index is 0.0595. The molecule has 24 heavy (non-hydrogen) atoms. The van der Waals surface area contributed by atoms with Crippen molar-refractivity contribution in [2.75, 3.05) is 16.8 Å². The van der Waals surface area contributed by atoms with Gasteiger partial charge in [0.1, 0.15) is 5.82 Å². The van der Waals surface area contributed by atoms with Gasteiger partial charge in [-0.15, -0.1) is 0 Å². The van der Waals surface area contributed by atoms with Crippen LogP contribution in [-0.4, -0.2) is 18.4 Å². The Morgan fingerprint density at radius 2 is 1.96 bits per heavy atom. The lowest BCUT2D eigenvalue weighted by Crippen LogP contribution is -2.28. The van der Waals surface area contributed by atoms with Crippen LogP contribution in [0.4, 0.5) is 15.8 Å². The summed E-state index contributed by atoms with van der Waals surface area (Å²) >= 11 is 12.1. The van der Waals surface area contributed by atoms with Gasteiger partial charge in [-0.3, -0.25) is 9.59 Å². The molecule has 1 unspecified atom stereocenters. The number of hydrogen-bond donors (Lipinski definition) is 1. The Labute approximate surface area is 148 Å². The van der Waals surface area contributed by atoms with Crippen LogP contribution in [0.3, 0.4) is 0 Å². The molecule has 1 aliphatic rings. The molecule has 0 bridgehead atoms. The number of carbonyl (C=O) groups excluding carboxylic acids is 2. The number of hydrogen-bond acceptors (Lipinski definition) is 2. The molecule has 0 spiro atoms. The zero-order valence-electron chi connectivity index (χ0n) is 12.4. The Morgan fingerprint density at radius 3 is 2.71 bits per heavy atom. The number of anilines is 2. The standard InChI is InChI=1S/C17H13Cl2FN2O2/c18-13-5-2-6-14(16(13)19)22-9-10(7-15(22)23)17(24)21-12-4-1-3-11(20)8-12/h1-6,8,10H,7,9H2,(H,21,24). The summed E-state index contributed by atoms with van der Waals surface area (Å²) in [6, 6.07) is 10.6. The predicted octanol–water partition coefficient (Wildman–Crippen LogP) is 4.12. The minimum Gasteiger partial charge on any atom is -0.326 e. The van der Waals surface area contributed by atoms with Crippen LogP contribution in [0.2, 0.25) is 10.0 Å². The highest BCUT2D eigenvalue weighted by atomic mass is 35.5. The van der Waals surface area contributed by atoms with Gasteiger partial charge in [0.25, 0.3) is 0 Å². The maximum absolute atomic E-state index is 13.2. The second kappa shape index (κ2) is 6.79. The van der Waals surface area contributed by atoms with Gasteiger partial charge < -0.3 is 10.2 Å². The first-order valence-electron chi connectivity index (χ1n) is 7.26. The molecule has 0 aromatic heterocycles. The molecule has 124 valence electrons. The van der Waals surface area contributed by atoms with Crippen molar-refractivity contribution in [2.45, 2.75) is 6.42 Å². The lowest BCUT2D eigenvalue weighted by atomic mass is 10.1. The molecule has 1 aliphatic heterocycles. The number of nitrogens with one attached hydrogen (secondary N) is 1. The van der Waals surface area contributed by atoms with Crippen molar-refractivity contribution in [3.63, 3.8) is 0 Å². The molecular weight excluding hydrogens is 354 g/mol. The molecule has 0 radical (unpaired) electrons. The molecule has 0 aliphatic carbocycles. The zero-order valence-corrected chi connectivity index (χ0v) is 13.9. The smallest absolute Gasteiger partial charge is 0.229 e. The summed E-state index contributed by atoms with van der Waals surface area (Å²) in [6.45, 7) is 0.194. The fourth-order valence-electron chi connectivity index (χ4n) is 2.63. The van der Waals surface area contributed by atoms with Crippen molar-refractivity contribution in [2.24, 2.45) is 5.92 Å². The summed E-state index contributed by atoms with van der Waals surface area (Å²) in [6.07, 6.45) is 0.0595. The van der Waals surface area contributed by atoms with E-state index in [1.54, 1.807) is 24.3 Å². The van der Waals surface area contributed by atoms with E-state index >= 15 is 0 Å². The van der Waals surface area contributed by atoms with Gasteiger partial charge in [0, 0.05) is 18.7 Å². The fraction of sp³-hybridized carbons (Fsp3) is 0.176. The third-order valence-electron chi connectivity index (χ3n) is 3.81. The van der Waals surface area contributed by atoms with Gasteiger partial charge in [-0.25, -0.2) is 4.39 Å². The highest BCUT2D eigenvalue weighted by Crippen LogP contribution is 2.35. The Kier molecular flexibility index (Phi) is 4.73. The Morgan fingerprint density at radius 1 is 1.21 bits per heavy atom. The number of rotatable bonds is 3. The summed E-state index contributed by atoms with van der Waals surface area (Å²) in [5.41, 5.74) is 0.835. The number of benzene rings is 2. The van der Waals surface area contributed by atoms with E-state index in [4.69, 9.17) is 23.2 Å². The topological polar surface area (TPSA) is 49.4 Å². The number of nitrogens with zero attached hydrogens (tertiary/aromatic N) is 1. The maximum Gasteiger partial charge on any atom is 0.229 e. The summed E-state index contributed by atoms with van der Waals surface area (Å²) in [4.78, 5) is 26.0. The van der Waals surface area contributed by atoms with E-state index in [9.17, 15) is 14.0 Å². The number of amides is 2. The Balaban J connectivity index is 1.74. The van der Waals surface area contributed by atoms with Crippen molar-refractivity contribution >= 4 is 46.4 Å². The average Bonchev–Trinajstić information content (AvgIpc) is 2.92. The molecule has 0 saturated carbocycles. The van der Waals surface area contributed by atoms with Crippen LogP contribution in [0.1, 0.15) is 6.42 Å². The van der Waals surface area contributed by atoms with Crippen LogP contribution in [0.5, 0.6) is 0 Å². The molecule has 2 aromatic carbocycles. The molecule has 3 rings (SSSR count). The van der Waals surface area contributed by atoms with Crippen molar-refractivity contribution in [1.29, 1.82) is 0 Å². The van der Waals surface area contributed by atoms with Crippen molar-refractivity contribution < 1.29 is 14.0 Å². The fourth-order valence-corrected chi connectivity index (χ4v) is 3.03. The van der Waals surface area contributed by atoms with E-state index in [0.29, 0.717) is 16.4 Å². The quantitative estimate of drug-likeness (QED) is 0.887. The molecule has 2 amide bonds. The van der Waals surface area contributed by atoms with Crippen LogP contribution in [0, 0.1) is 11.7 Å². The first-order valence-corrected chi connectivity index (χ1v) is 8.02. The largest absolute Gasteiger partial charge is 0.326 e. The van der Waals surface area contributed by atoms with Crippen LogP contribution < -0.4 is 10.2 Å². The summed E-state index contributed by atoms with van der Waals surface area (Å²) in [7, 11) is 0. The van der Waals surface area contributed by atoms with E-state index in [1.807, 2.05) is 0 Å². The van der Waals surface area contributed by atoms with Gasteiger partial charge in [-0.1, -0.05) is 35.3 Å². The van der Waals surface area contributed by atoms with E-state index in [0.717, 1.165) is 0 Å². The highest BCUT2D eigenvalue weighted by Gasteiger charge is 2.36. The van der Waals surface area contributed by atoms with E-state index in [-0.39, 0.29) is 29.8 Å². The summed E-state index contributed by atoms with van der Waals surface area (Å²) in [5, 5.41) is 3.25. The monoisotopic (exact) mass is 366 g/mol. The van der Waals surface area contributed by atoms with Crippen molar-refractivity contribution in [3.05, 3.63) is 58.3 Å².